The minimum atomic E-state index is -0.152. The summed E-state index contributed by atoms with van der Waals surface area (Å²) in [7, 11) is 0. The second kappa shape index (κ2) is 9.83. The lowest BCUT2D eigenvalue weighted by molar-refractivity contribution is -0.121. The number of hydrogen-bond donors (Lipinski definition) is 2. The minimum Gasteiger partial charge on any atom is -0.325 e. The van der Waals surface area contributed by atoms with Crippen molar-refractivity contribution in [2.24, 2.45) is 5.10 Å². The van der Waals surface area contributed by atoms with Gasteiger partial charge in [0, 0.05) is 17.8 Å². The predicted molar refractivity (Wildman–Crippen MR) is 112 cm³/mol. The molecule has 0 saturated heterocycles. The lowest BCUT2D eigenvalue weighted by Gasteiger charge is -2.19. The van der Waals surface area contributed by atoms with Crippen molar-refractivity contribution >= 4 is 23.2 Å². The van der Waals surface area contributed by atoms with Crippen molar-refractivity contribution in [1.29, 1.82) is 0 Å². The molecule has 0 bridgehead atoms. The van der Waals surface area contributed by atoms with Crippen LogP contribution in [0.4, 0.5) is 5.69 Å². The van der Waals surface area contributed by atoms with E-state index >= 15 is 0 Å². The molecule has 0 saturated carbocycles. The zero-order valence-electron chi connectivity index (χ0n) is 16.3. The molecule has 2 amide bonds. The molecule has 5 heteroatoms. The molecule has 0 aliphatic heterocycles. The van der Waals surface area contributed by atoms with Crippen LogP contribution in [0.1, 0.15) is 49.3 Å². The number of nitrogens with one attached hydrogen (secondary N) is 2. The van der Waals surface area contributed by atoms with Crippen LogP contribution in [0, 0.1) is 0 Å². The van der Waals surface area contributed by atoms with Gasteiger partial charge in [0.1, 0.15) is 0 Å². The Kier molecular flexibility index (Phi) is 6.95. The van der Waals surface area contributed by atoms with Crippen LogP contribution in [-0.2, 0) is 28.9 Å². The maximum Gasteiger partial charge on any atom is 0.240 e. The molecule has 3 rings (SSSR count). The fourth-order valence-corrected chi connectivity index (χ4v) is 3.48. The Morgan fingerprint density at radius 3 is 2.57 bits per heavy atom. The van der Waals surface area contributed by atoms with Gasteiger partial charge >= 0.3 is 0 Å². The lowest BCUT2D eigenvalue weighted by Crippen LogP contribution is -2.22. The van der Waals surface area contributed by atoms with Gasteiger partial charge in [-0.15, -0.1) is 0 Å². The first-order valence-corrected chi connectivity index (χ1v) is 9.88. The highest BCUT2D eigenvalue weighted by Crippen LogP contribution is 2.27. The van der Waals surface area contributed by atoms with E-state index in [9.17, 15) is 9.59 Å². The van der Waals surface area contributed by atoms with Crippen LogP contribution in [0.15, 0.2) is 53.6 Å². The summed E-state index contributed by atoms with van der Waals surface area (Å²) in [5, 5.41) is 7.06. The maximum atomic E-state index is 12.4. The summed E-state index contributed by atoms with van der Waals surface area (Å²) in [6.45, 7) is 1.75. The second-order valence-corrected chi connectivity index (χ2v) is 7.24. The van der Waals surface area contributed by atoms with Gasteiger partial charge in [-0.3, -0.25) is 9.59 Å². The third-order valence-electron chi connectivity index (χ3n) is 4.94. The van der Waals surface area contributed by atoms with Crippen molar-refractivity contribution in [3.63, 3.8) is 0 Å². The molecule has 0 atom stereocenters. The number of hydrogen-bond acceptors (Lipinski definition) is 3. The summed E-state index contributed by atoms with van der Waals surface area (Å²) in [5.74, 6) is -0.264. The first-order chi connectivity index (χ1) is 13.6. The highest BCUT2D eigenvalue weighted by Gasteiger charge is 2.14. The Morgan fingerprint density at radius 2 is 1.75 bits per heavy atom. The molecule has 1 aliphatic carbocycles. The fourth-order valence-electron chi connectivity index (χ4n) is 3.48. The minimum absolute atomic E-state index is 0.112. The van der Waals surface area contributed by atoms with E-state index in [0.29, 0.717) is 18.6 Å². The largest absolute Gasteiger partial charge is 0.325 e. The Bertz CT molecular complexity index is 859. The lowest BCUT2D eigenvalue weighted by atomic mass is 9.90. The zero-order valence-corrected chi connectivity index (χ0v) is 16.3. The first-order valence-electron chi connectivity index (χ1n) is 9.88. The number of benzene rings is 2. The van der Waals surface area contributed by atoms with Crippen molar-refractivity contribution in [1.82, 2.24) is 5.43 Å². The van der Waals surface area contributed by atoms with E-state index in [1.165, 1.54) is 17.5 Å². The molecule has 28 heavy (non-hydrogen) atoms. The molecule has 0 heterocycles. The third-order valence-corrected chi connectivity index (χ3v) is 4.94. The van der Waals surface area contributed by atoms with Gasteiger partial charge in [-0.2, -0.15) is 5.10 Å². The maximum absolute atomic E-state index is 12.4. The van der Waals surface area contributed by atoms with Gasteiger partial charge in [-0.25, -0.2) is 5.43 Å². The second-order valence-electron chi connectivity index (χ2n) is 7.24. The van der Waals surface area contributed by atoms with Crippen molar-refractivity contribution in [3.8, 4) is 0 Å². The highest BCUT2D eigenvalue weighted by atomic mass is 16.2. The molecule has 5 nitrogen and oxygen atoms in total. The van der Waals surface area contributed by atoms with Gasteiger partial charge in [-0.1, -0.05) is 42.5 Å². The molecule has 0 unspecified atom stereocenters. The van der Waals surface area contributed by atoms with Crippen molar-refractivity contribution in [2.45, 2.75) is 51.9 Å². The van der Waals surface area contributed by atoms with Gasteiger partial charge in [-0.05, 0) is 61.8 Å². The van der Waals surface area contributed by atoms with Crippen LogP contribution in [0.2, 0.25) is 0 Å². The average Bonchev–Trinajstić information content (AvgIpc) is 2.72. The summed E-state index contributed by atoms with van der Waals surface area (Å²) in [6.07, 6.45) is 5.65. The van der Waals surface area contributed by atoms with Crippen molar-refractivity contribution in [3.05, 3.63) is 65.2 Å². The van der Waals surface area contributed by atoms with E-state index in [1.54, 1.807) is 6.92 Å². The Morgan fingerprint density at radius 1 is 0.964 bits per heavy atom. The zero-order chi connectivity index (χ0) is 19.8. The number of amides is 2. The summed E-state index contributed by atoms with van der Waals surface area (Å²) >= 11 is 0. The van der Waals surface area contributed by atoms with Crippen LogP contribution in [0.25, 0.3) is 0 Å². The van der Waals surface area contributed by atoms with Gasteiger partial charge in [0.2, 0.25) is 11.8 Å². The van der Waals surface area contributed by atoms with E-state index in [1.807, 2.05) is 42.5 Å². The number of hydrazone groups is 1. The summed E-state index contributed by atoms with van der Waals surface area (Å²) < 4.78 is 0. The number of fused-ring (bicyclic) bond motifs is 1. The summed E-state index contributed by atoms with van der Waals surface area (Å²) in [4.78, 5) is 24.3. The number of anilines is 1. The highest BCUT2D eigenvalue weighted by molar-refractivity contribution is 6.06. The molecular formula is C23H27N3O2. The SMILES string of the molecule is CC(CC(=O)Nc1cccc2c1CCCC2)=NNC(=O)CCc1ccccc1. The van der Waals surface area contributed by atoms with E-state index in [4.69, 9.17) is 0 Å². The Hall–Kier alpha value is -2.95. The molecule has 0 radical (unpaired) electrons. The third kappa shape index (κ3) is 5.78. The van der Waals surface area contributed by atoms with Gasteiger partial charge in [0.05, 0.1) is 6.42 Å². The van der Waals surface area contributed by atoms with E-state index in [0.717, 1.165) is 30.5 Å². The standard InChI is InChI=1S/C23H27N3O2/c1-17(25-26-22(27)15-14-18-8-3-2-4-9-18)16-23(28)24-21-13-7-11-19-10-5-6-12-20(19)21/h2-4,7-9,11,13H,5-6,10,12,14-16H2,1H3,(H,24,28)(H,26,27). The molecule has 2 N–H and O–H groups in total. The van der Waals surface area contributed by atoms with Crippen LogP contribution in [-0.4, -0.2) is 17.5 Å². The van der Waals surface area contributed by atoms with Crippen molar-refractivity contribution < 1.29 is 9.59 Å². The topological polar surface area (TPSA) is 70.6 Å². The van der Waals surface area contributed by atoms with E-state index in [2.05, 4.69) is 21.9 Å². The van der Waals surface area contributed by atoms with Crippen LogP contribution in [0.3, 0.4) is 0 Å². The smallest absolute Gasteiger partial charge is 0.240 e. The number of carbonyl (C=O) groups excluding carboxylic acids is 2. The number of rotatable bonds is 7. The molecule has 146 valence electrons. The molecule has 0 aromatic heterocycles. The van der Waals surface area contributed by atoms with Gasteiger partial charge in [0.15, 0.2) is 0 Å². The molecule has 1 aliphatic rings. The normalized spacial score (nSPS) is 13.5. The number of nitrogens with zero attached hydrogens (tertiary/aromatic N) is 1. The Balaban J connectivity index is 1.47. The van der Waals surface area contributed by atoms with Gasteiger partial charge < -0.3 is 5.32 Å². The van der Waals surface area contributed by atoms with Crippen molar-refractivity contribution in [2.75, 3.05) is 5.32 Å². The molecule has 2 aromatic carbocycles. The summed E-state index contributed by atoms with van der Waals surface area (Å²) in [5.41, 5.74) is 7.73. The molecule has 0 fully saturated rings. The number of aryl methyl sites for hydroxylation is 2. The molecule has 2 aromatic rings. The fraction of sp³-hybridized carbons (Fsp3) is 0.348. The van der Waals surface area contributed by atoms with Gasteiger partial charge in [0.25, 0.3) is 0 Å². The van der Waals surface area contributed by atoms with Crippen LogP contribution < -0.4 is 10.7 Å². The first kappa shape index (κ1) is 19.8. The number of carbonyl (C=O) groups is 2. The monoisotopic (exact) mass is 377 g/mol. The Labute approximate surface area is 166 Å². The predicted octanol–water partition coefficient (Wildman–Crippen LogP) is 4.02. The van der Waals surface area contributed by atoms with E-state index < -0.39 is 0 Å². The average molecular weight is 377 g/mol. The van der Waals surface area contributed by atoms with Crippen LogP contribution >= 0.6 is 0 Å². The summed E-state index contributed by atoms with van der Waals surface area (Å²) in [6, 6.07) is 15.9. The quantitative estimate of drug-likeness (QED) is 0.565. The van der Waals surface area contributed by atoms with E-state index in [-0.39, 0.29) is 18.2 Å². The van der Waals surface area contributed by atoms with Crippen LogP contribution in [0.5, 0.6) is 0 Å². The molecular weight excluding hydrogens is 350 g/mol. The molecule has 0 spiro atoms.